The second kappa shape index (κ2) is 7.19. The summed E-state index contributed by atoms with van der Waals surface area (Å²) >= 11 is 0. The van der Waals surface area contributed by atoms with Crippen molar-refractivity contribution in [2.24, 2.45) is 56.7 Å². The number of ketones is 1. The van der Waals surface area contributed by atoms with E-state index in [0.29, 0.717) is 41.4 Å². The van der Waals surface area contributed by atoms with E-state index >= 15 is 0 Å². The summed E-state index contributed by atoms with van der Waals surface area (Å²) in [4.78, 5) is 13.1. The van der Waals surface area contributed by atoms with Gasteiger partial charge in [0, 0.05) is 11.8 Å². The number of carbonyl (C=O) groups excluding carboxylic acids is 1. The molecule has 0 aromatic rings. The Labute approximate surface area is 201 Å². The summed E-state index contributed by atoms with van der Waals surface area (Å²) in [5.74, 6) is 2.77. The highest BCUT2D eigenvalue weighted by molar-refractivity contribution is 5.85. The van der Waals surface area contributed by atoms with Crippen LogP contribution in [0.15, 0.2) is 12.2 Å². The van der Waals surface area contributed by atoms with E-state index in [1.54, 1.807) is 0 Å². The van der Waals surface area contributed by atoms with Crippen LogP contribution in [0.3, 0.4) is 0 Å². The molecule has 0 spiro atoms. The molecule has 2 N–H and O–H groups in total. The number of aliphatic hydroxyl groups is 2. The zero-order valence-electron chi connectivity index (χ0n) is 22.0. The molecule has 0 amide bonds. The first kappa shape index (κ1) is 24.0. The first-order chi connectivity index (χ1) is 15.3. The number of hydrogen-bond acceptors (Lipinski definition) is 3. The van der Waals surface area contributed by atoms with E-state index in [0.717, 1.165) is 12.0 Å². The lowest BCUT2D eigenvalue weighted by atomic mass is 9.32. The largest absolute Gasteiger partial charge is 0.392 e. The Morgan fingerprint density at radius 3 is 2.27 bits per heavy atom. The molecular weight excluding hydrogens is 408 g/mol. The van der Waals surface area contributed by atoms with E-state index in [4.69, 9.17) is 0 Å². The van der Waals surface area contributed by atoms with E-state index in [1.807, 2.05) is 0 Å². The Kier molecular flexibility index (Phi) is 5.24. The van der Waals surface area contributed by atoms with Crippen molar-refractivity contribution in [3.63, 3.8) is 0 Å². The molecule has 5 aliphatic carbocycles. The Hall–Kier alpha value is -0.670. The molecule has 10 atom stereocenters. The van der Waals surface area contributed by atoms with Crippen molar-refractivity contribution >= 4 is 5.78 Å². The molecule has 0 heterocycles. The Morgan fingerprint density at radius 2 is 1.61 bits per heavy atom. The maximum atomic E-state index is 13.1. The fraction of sp³-hybridized carbons (Fsp3) is 0.900. The molecule has 5 rings (SSSR count). The molecule has 33 heavy (non-hydrogen) atoms. The molecule has 186 valence electrons. The number of Topliss-reactive ketones (excluding diaryl/α,β-unsaturated/α-hetero) is 1. The molecule has 10 unspecified atom stereocenters. The summed E-state index contributed by atoms with van der Waals surface area (Å²) in [5.41, 5.74) is 1.55. The molecule has 0 saturated heterocycles. The van der Waals surface area contributed by atoms with Gasteiger partial charge in [0.15, 0.2) is 5.78 Å². The van der Waals surface area contributed by atoms with E-state index in [2.05, 4.69) is 48.1 Å². The van der Waals surface area contributed by atoms with Crippen molar-refractivity contribution in [2.75, 3.05) is 6.61 Å². The minimum atomic E-state index is -0.814. The first-order valence-corrected chi connectivity index (χ1v) is 13.8. The van der Waals surface area contributed by atoms with Crippen LogP contribution in [-0.2, 0) is 4.79 Å². The minimum absolute atomic E-state index is 0.0225. The zero-order chi connectivity index (χ0) is 24.2. The van der Waals surface area contributed by atoms with Crippen LogP contribution in [0.2, 0.25) is 0 Å². The van der Waals surface area contributed by atoms with Crippen LogP contribution < -0.4 is 0 Å². The van der Waals surface area contributed by atoms with Gasteiger partial charge < -0.3 is 10.2 Å². The molecule has 0 aliphatic heterocycles. The summed E-state index contributed by atoms with van der Waals surface area (Å²) < 4.78 is 0. The molecular formula is C30H48O3. The third kappa shape index (κ3) is 2.85. The van der Waals surface area contributed by atoms with Crippen molar-refractivity contribution in [3.05, 3.63) is 12.2 Å². The first-order valence-electron chi connectivity index (χ1n) is 13.8. The van der Waals surface area contributed by atoms with Gasteiger partial charge in [0.1, 0.15) is 6.10 Å². The van der Waals surface area contributed by atoms with Crippen molar-refractivity contribution in [1.29, 1.82) is 0 Å². The average Bonchev–Trinajstić information content (AvgIpc) is 3.10. The van der Waals surface area contributed by atoms with Crippen LogP contribution in [0.5, 0.6) is 0 Å². The highest BCUT2D eigenvalue weighted by atomic mass is 16.3. The maximum Gasteiger partial charge on any atom is 0.162 e. The van der Waals surface area contributed by atoms with Crippen LogP contribution in [0, 0.1) is 56.7 Å². The monoisotopic (exact) mass is 456 g/mol. The molecule has 3 nitrogen and oxygen atoms in total. The molecule has 5 aliphatic rings. The summed E-state index contributed by atoms with van der Waals surface area (Å²) in [5, 5.41) is 20.8. The molecule has 0 aromatic carbocycles. The number of aliphatic hydroxyl groups excluding tert-OH is 2. The lowest BCUT2D eigenvalue weighted by molar-refractivity contribution is -0.241. The maximum absolute atomic E-state index is 13.1. The van der Waals surface area contributed by atoms with E-state index in [1.165, 1.54) is 44.9 Å². The van der Waals surface area contributed by atoms with Crippen molar-refractivity contribution in [1.82, 2.24) is 0 Å². The summed E-state index contributed by atoms with van der Waals surface area (Å²) in [6.45, 7) is 18.9. The highest BCUT2D eigenvalue weighted by Gasteiger charge is 2.71. The van der Waals surface area contributed by atoms with Gasteiger partial charge in [0.25, 0.3) is 0 Å². The second-order valence-electron chi connectivity index (χ2n) is 14.7. The van der Waals surface area contributed by atoms with Crippen LogP contribution in [-0.4, -0.2) is 28.7 Å². The second-order valence-corrected chi connectivity index (χ2v) is 14.7. The number of carbonyl (C=O) groups is 1. The third-order valence-electron chi connectivity index (χ3n) is 13.3. The Balaban J connectivity index is 1.55. The van der Waals surface area contributed by atoms with Gasteiger partial charge in [0.2, 0.25) is 0 Å². The predicted octanol–water partition coefficient (Wildman–Crippen LogP) is 6.18. The van der Waals surface area contributed by atoms with Gasteiger partial charge in [-0.05, 0) is 108 Å². The van der Waals surface area contributed by atoms with E-state index in [9.17, 15) is 15.0 Å². The molecule has 5 saturated carbocycles. The molecule has 0 aromatic heterocycles. The topological polar surface area (TPSA) is 57.5 Å². The minimum Gasteiger partial charge on any atom is -0.392 e. The van der Waals surface area contributed by atoms with Crippen LogP contribution >= 0.6 is 0 Å². The Morgan fingerprint density at radius 1 is 0.909 bits per heavy atom. The quantitative estimate of drug-likeness (QED) is 0.488. The standard InChI is InChI=1S/C30H48O3/c1-18(17-31)19-10-12-27(4)14-15-29(6)20(24(19)27)8-9-23-28(5)16-21(32)25(33)26(2,3)22(28)11-13-30(23,29)7/h19-20,22-25,31,33H,1,8-17H2,2-7H3. The van der Waals surface area contributed by atoms with Crippen LogP contribution in [0.1, 0.15) is 99.3 Å². The van der Waals surface area contributed by atoms with E-state index in [-0.39, 0.29) is 34.1 Å². The van der Waals surface area contributed by atoms with E-state index < -0.39 is 6.10 Å². The number of rotatable bonds is 2. The van der Waals surface area contributed by atoms with Crippen molar-refractivity contribution < 1.29 is 15.0 Å². The molecule has 0 bridgehead atoms. The van der Waals surface area contributed by atoms with Crippen LogP contribution in [0.25, 0.3) is 0 Å². The van der Waals surface area contributed by atoms with Gasteiger partial charge in [-0.2, -0.15) is 0 Å². The highest BCUT2D eigenvalue weighted by Crippen LogP contribution is 2.77. The van der Waals surface area contributed by atoms with Gasteiger partial charge in [-0.1, -0.05) is 48.1 Å². The molecule has 5 fully saturated rings. The normalized spacial score (nSPS) is 55.2. The lowest BCUT2D eigenvalue weighted by Crippen LogP contribution is -2.67. The van der Waals surface area contributed by atoms with Gasteiger partial charge in [-0.3, -0.25) is 4.79 Å². The zero-order valence-corrected chi connectivity index (χ0v) is 22.0. The van der Waals surface area contributed by atoms with Crippen molar-refractivity contribution in [3.8, 4) is 0 Å². The molecule has 3 heteroatoms. The number of fused-ring (bicyclic) bond motifs is 7. The summed E-state index contributed by atoms with van der Waals surface area (Å²) in [6.07, 6.45) is 9.55. The third-order valence-corrected chi connectivity index (χ3v) is 13.3. The Bertz CT molecular complexity index is 861. The summed E-state index contributed by atoms with van der Waals surface area (Å²) in [7, 11) is 0. The van der Waals surface area contributed by atoms with Gasteiger partial charge >= 0.3 is 0 Å². The summed E-state index contributed by atoms with van der Waals surface area (Å²) in [6, 6.07) is 0. The van der Waals surface area contributed by atoms with Crippen LogP contribution in [0.4, 0.5) is 0 Å². The SMILES string of the molecule is C=C(CO)C1CCC2(C)CCC3(C)C(CCC4C5(C)CC(=O)C(O)C(C)(C)C5CCC43C)C12. The average molecular weight is 457 g/mol. The predicted molar refractivity (Wildman–Crippen MR) is 132 cm³/mol. The van der Waals surface area contributed by atoms with Crippen molar-refractivity contribution in [2.45, 2.75) is 105 Å². The lowest BCUT2D eigenvalue weighted by Gasteiger charge is -2.72. The van der Waals surface area contributed by atoms with Gasteiger partial charge in [-0.25, -0.2) is 0 Å². The van der Waals surface area contributed by atoms with Gasteiger partial charge in [-0.15, -0.1) is 0 Å². The fourth-order valence-electron chi connectivity index (χ4n) is 11.4. The smallest absolute Gasteiger partial charge is 0.162 e. The van der Waals surface area contributed by atoms with Gasteiger partial charge in [0.05, 0.1) is 6.61 Å². The number of hydrogen-bond donors (Lipinski definition) is 2. The molecule has 0 radical (unpaired) electrons. The fourth-order valence-corrected chi connectivity index (χ4v) is 11.4.